The fourth-order valence-corrected chi connectivity index (χ4v) is 3.29. The molecule has 0 amide bonds. The molecule has 0 spiro atoms. The maximum atomic E-state index is 12.5. The maximum Gasteiger partial charge on any atom is 0.355 e. The first-order valence-corrected chi connectivity index (χ1v) is 8.87. The second-order valence-corrected chi connectivity index (χ2v) is 6.19. The van der Waals surface area contributed by atoms with Gasteiger partial charge in [-0.15, -0.1) is 0 Å². The summed E-state index contributed by atoms with van der Waals surface area (Å²) in [6.45, 7) is 1.87. The molecule has 0 bridgehead atoms. The molecule has 3 rings (SSSR count). The second kappa shape index (κ2) is 8.13. The number of benzene rings is 2. The van der Waals surface area contributed by atoms with Gasteiger partial charge in [-0.3, -0.25) is 0 Å². The van der Waals surface area contributed by atoms with Crippen LogP contribution in [-0.4, -0.2) is 17.1 Å². The van der Waals surface area contributed by atoms with E-state index in [1.54, 1.807) is 38.2 Å². The second-order valence-electron chi connectivity index (χ2n) is 6.19. The van der Waals surface area contributed by atoms with Crippen LogP contribution < -0.4 is 0 Å². The smallest absolute Gasteiger partial charge is 0.355 e. The third-order valence-corrected chi connectivity index (χ3v) is 4.61. The molecule has 0 saturated heterocycles. The normalized spacial score (nSPS) is 9.90. The predicted molar refractivity (Wildman–Crippen MR) is 106 cm³/mol. The van der Waals surface area contributed by atoms with Crippen molar-refractivity contribution in [3.8, 4) is 40.5 Å². The molecule has 140 valence electrons. The predicted octanol–water partition coefficient (Wildman–Crippen LogP) is 4.15. The lowest BCUT2D eigenvalue weighted by atomic mass is 9.95. The van der Waals surface area contributed by atoms with Crippen molar-refractivity contribution >= 4 is 5.97 Å². The van der Waals surface area contributed by atoms with Crippen molar-refractivity contribution in [3.05, 3.63) is 71.0 Å². The Kier molecular flexibility index (Phi) is 5.44. The highest BCUT2D eigenvalue weighted by atomic mass is 16.5. The van der Waals surface area contributed by atoms with Crippen LogP contribution in [0.15, 0.2) is 48.5 Å². The third-order valence-electron chi connectivity index (χ3n) is 4.61. The highest BCUT2D eigenvalue weighted by molar-refractivity contribution is 5.99. The van der Waals surface area contributed by atoms with Crippen LogP contribution in [0.2, 0.25) is 0 Å². The Morgan fingerprint density at radius 2 is 1.62 bits per heavy atom. The van der Waals surface area contributed by atoms with Gasteiger partial charge in [0.25, 0.3) is 0 Å². The number of rotatable bonds is 4. The van der Waals surface area contributed by atoms with E-state index in [-0.39, 0.29) is 23.6 Å². The number of aromatic nitrogens is 1. The quantitative estimate of drug-likeness (QED) is 0.633. The van der Waals surface area contributed by atoms with Gasteiger partial charge in [-0.25, -0.2) is 4.79 Å². The van der Waals surface area contributed by atoms with E-state index in [4.69, 9.17) is 4.74 Å². The summed E-state index contributed by atoms with van der Waals surface area (Å²) in [6, 6.07) is 20.6. The molecule has 6 nitrogen and oxygen atoms in total. The summed E-state index contributed by atoms with van der Waals surface area (Å²) >= 11 is 0. The molecule has 1 aromatic heterocycles. The minimum atomic E-state index is -0.595. The largest absolute Gasteiger partial charge is 0.461 e. The average Bonchev–Trinajstić information content (AvgIpc) is 3.05. The van der Waals surface area contributed by atoms with Gasteiger partial charge >= 0.3 is 5.97 Å². The van der Waals surface area contributed by atoms with Gasteiger partial charge in [0.2, 0.25) is 0 Å². The molecule has 0 saturated carbocycles. The van der Waals surface area contributed by atoms with Gasteiger partial charge in [0.1, 0.15) is 23.5 Å². The number of ether oxygens (including phenoxy) is 1. The van der Waals surface area contributed by atoms with Gasteiger partial charge in [-0.05, 0) is 29.7 Å². The molecule has 0 unspecified atom stereocenters. The van der Waals surface area contributed by atoms with Gasteiger partial charge in [-0.2, -0.15) is 15.8 Å². The lowest BCUT2D eigenvalue weighted by molar-refractivity contribution is 0.0516. The highest BCUT2D eigenvalue weighted by Gasteiger charge is 2.27. The summed E-state index contributed by atoms with van der Waals surface area (Å²) in [5.41, 5.74) is 3.54. The van der Waals surface area contributed by atoms with Crippen LogP contribution in [0.25, 0.3) is 22.3 Å². The van der Waals surface area contributed by atoms with Gasteiger partial charge < -0.3 is 9.30 Å². The van der Waals surface area contributed by atoms with Crippen LogP contribution in [-0.2, 0) is 11.8 Å². The Balaban J connectivity index is 2.19. The zero-order valence-corrected chi connectivity index (χ0v) is 15.9. The summed E-state index contributed by atoms with van der Waals surface area (Å²) in [5.74, 6) is -0.595. The molecular weight excluding hydrogens is 364 g/mol. The SMILES string of the molecule is CCOC(=O)c1c(-c2ccc(-c3ccccc3C#N)cc2)c(C#N)c(C#N)n1C. The minimum absolute atomic E-state index is 0.101. The monoisotopic (exact) mass is 380 g/mol. The molecule has 0 N–H and O–H groups in total. The maximum absolute atomic E-state index is 12.5. The minimum Gasteiger partial charge on any atom is -0.461 e. The molecular formula is C23H16N4O2. The number of hydrogen-bond acceptors (Lipinski definition) is 5. The Hall–Kier alpha value is -4.34. The third kappa shape index (κ3) is 3.34. The van der Waals surface area contributed by atoms with Crippen molar-refractivity contribution in [2.45, 2.75) is 6.92 Å². The van der Waals surface area contributed by atoms with Crippen molar-refractivity contribution in [1.29, 1.82) is 15.8 Å². The standard InChI is InChI=1S/C23H16N4O2/c1-3-29-23(28)22-21(19(13-25)20(14-26)27(22)2)16-10-8-15(9-11-16)18-7-5-4-6-17(18)12-24/h4-11H,3H2,1-2H3. The zero-order valence-electron chi connectivity index (χ0n) is 15.9. The van der Waals surface area contributed by atoms with Crippen molar-refractivity contribution in [3.63, 3.8) is 0 Å². The fraction of sp³-hybridized carbons (Fsp3) is 0.130. The molecule has 6 heteroatoms. The van der Waals surface area contributed by atoms with Crippen LogP contribution in [0, 0.1) is 34.0 Å². The van der Waals surface area contributed by atoms with Gasteiger partial charge in [-0.1, -0.05) is 42.5 Å². The lowest BCUT2D eigenvalue weighted by Gasteiger charge is -2.09. The van der Waals surface area contributed by atoms with Crippen molar-refractivity contribution in [2.24, 2.45) is 7.05 Å². The van der Waals surface area contributed by atoms with Gasteiger partial charge in [0.05, 0.1) is 23.8 Å². The van der Waals surface area contributed by atoms with Crippen LogP contribution >= 0.6 is 0 Å². The Morgan fingerprint density at radius 3 is 2.21 bits per heavy atom. The number of carbonyl (C=O) groups excluding carboxylic acids is 1. The molecule has 0 fully saturated rings. The molecule has 0 radical (unpaired) electrons. The zero-order chi connectivity index (χ0) is 21.0. The Labute approximate surface area is 168 Å². The van der Waals surface area contributed by atoms with E-state index in [2.05, 4.69) is 6.07 Å². The van der Waals surface area contributed by atoms with E-state index >= 15 is 0 Å². The summed E-state index contributed by atoms with van der Waals surface area (Å²) in [4.78, 5) is 12.5. The molecule has 1 heterocycles. The van der Waals surface area contributed by atoms with E-state index in [1.807, 2.05) is 36.4 Å². The number of esters is 1. The summed E-state index contributed by atoms with van der Waals surface area (Å²) in [5, 5.41) is 28.4. The van der Waals surface area contributed by atoms with Crippen LogP contribution in [0.5, 0.6) is 0 Å². The van der Waals surface area contributed by atoms with Crippen molar-refractivity contribution in [1.82, 2.24) is 4.57 Å². The summed E-state index contributed by atoms with van der Waals surface area (Å²) in [7, 11) is 1.56. The number of nitriles is 3. The molecule has 0 aliphatic heterocycles. The molecule has 3 aromatic rings. The number of hydrogen-bond donors (Lipinski definition) is 0. The van der Waals surface area contributed by atoms with E-state index in [0.29, 0.717) is 16.7 Å². The Bertz CT molecular complexity index is 1220. The Morgan fingerprint density at radius 1 is 0.966 bits per heavy atom. The van der Waals surface area contributed by atoms with Crippen molar-refractivity contribution < 1.29 is 9.53 Å². The van der Waals surface area contributed by atoms with E-state index < -0.39 is 5.97 Å². The van der Waals surface area contributed by atoms with Crippen LogP contribution in [0.1, 0.15) is 34.2 Å². The topological polar surface area (TPSA) is 103 Å². The van der Waals surface area contributed by atoms with Crippen LogP contribution in [0.3, 0.4) is 0 Å². The average molecular weight is 380 g/mol. The molecule has 29 heavy (non-hydrogen) atoms. The van der Waals surface area contributed by atoms with Gasteiger partial charge in [0, 0.05) is 12.6 Å². The molecule has 0 aliphatic carbocycles. The number of nitrogens with zero attached hydrogens (tertiary/aromatic N) is 4. The number of carbonyl (C=O) groups is 1. The van der Waals surface area contributed by atoms with Crippen LogP contribution in [0.4, 0.5) is 0 Å². The lowest BCUT2D eigenvalue weighted by Crippen LogP contribution is -2.11. The molecule has 2 aromatic carbocycles. The first-order valence-electron chi connectivity index (χ1n) is 8.87. The van der Waals surface area contributed by atoms with E-state index in [1.165, 1.54) is 4.57 Å². The highest BCUT2D eigenvalue weighted by Crippen LogP contribution is 2.34. The first-order chi connectivity index (χ1) is 14.1. The molecule has 0 aliphatic rings. The molecule has 0 atom stereocenters. The summed E-state index contributed by atoms with van der Waals surface area (Å²) < 4.78 is 6.53. The van der Waals surface area contributed by atoms with Gasteiger partial charge in [0.15, 0.2) is 0 Å². The summed E-state index contributed by atoms with van der Waals surface area (Å²) in [6.07, 6.45) is 0. The van der Waals surface area contributed by atoms with Crippen molar-refractivity contribution in [2.75, 3.05) is 6.61 Å². The first kappa shape index (κ1) is 19.4. The van der Waals surface area contributed by atoms with E-state index in [9.17, 15) is 20.6 Å². The van der Waals surface area contributed by atoms with E-state index in [0.717, 1.165) is 11.1 Å². The fourth-order valence-electron chi connectivity index (χ4n) is 3.29.